The van der Waals surface area contributed by atoms with Gasteiger partial charge < -0.3 is 5.11 Å². The first kappa shape index (κ1) is 16.4. The molecule has 1 unspecified atom stereocenters. The molecule has 0 amide bonds. The summed E-state index contributed by atoms with van der Waals surface area (Å²) in [5.74, 6) is -0.796. The van der Waals surface area contributed by atoms with E-state index in [1.165, 1.54) is 10.5 Å². The van der Waals surface area contributed by atoms with E-state index in [1.807, 2.05) is 11.9 Å². The summed E-state index contributed by atoms with van der Waals surface area (Å²) in [7, 11) is -1.69. The van der Waals surface area contributed by atoms with Crippen molar-refractivity contribution >= 4 is 16.0 Å². The molecule has 126 valence electrons. The van der Waals surface area contributed by atoms with E-state index >= 15 is 0 Å². The van der Waals surface area contributed by atoms with Gasteiger partial charge in [0.1, 0.15) is 10.9 Å². The average molecular weight is 339 g/mol. The highest BCUT2D eigenvalue weighted by Crippen LogP contribution is 2.43. The maximum absolute atomic E-state index is 12.6. The van der Waals surface area contributed by atoms with Gasteiger partial charge in [0.25, 0.3) is 0 Å². The molecule has 2 saturated heterocycles. The maximum Gasteiger partial charge on any atom is 0.320 e. The molecule has 0 saturated carbocycles. The number of likely N-dealkylation sites (tertiary alicyclic amines) is 1. The number of pyridine rings is 1. The van der Waals surface area contributed by atoms with Crippen LogP contribution in [0.1, 0.15) is 19.3 Å². The molecule has 1 N–H and O–H groups in total. The van der Waals surface area contributed by atoms with Gasteiger partial charge in [-0.25, -0.2) is 8.42 Å². The largest absolute Gasteiger partial charge is 0.480 e. The number of hydrogen-bond donors (Lipinski definition) is 1. The van der Waals surface area contributed by atoms with E-state index in [-0.39, 0.29) is 10.3 Å². The van der Waals surface area contributed by atoms with E-state index in [9.17, 15) is 18.3 Å². The third kappa shape index (κ3) is 2.98. The minimum atomic E-state index is -3.51. The zero-order valence-electron chi connectivity index (χ0n) is 13.1. The quantitative estimate of drug-likeness (QED) is 0.869. The van der Waals surface area contributed by atoms with Crippen molar-refractivity contribution in [2.24, 2.45) is 5.41 Å². The molecular weight excluding hydrogens is 318 g/mol. The van der Waals surface area contributed by atoms with Crippen LogP contribution in [0.4, 0.5) is 0 Å². The molecule has 2 fully saturated rings. The van der Waals surface area contributed by atoms with Crippen LogP contribution >= 0.6 is 0 Å². The van der Waals surface area contributed by atoms with Gasteiger partial charge in [0.15, 0.2) is 0 Å². The third-order valence-electron chi connectivity index (χ3n) is 5.08. The lowest BCUT2D eigenvalue weighted by Crippen LogP contribution is -2.44. The second kappa shape index (κ2) is 5.85. The molecule has 7 nitrogen and oxygen atoms in total. The van der Waals surface area contributed by atoms with E-state index < -0.39 is 22.0 Å². The summed E-state index contributed by atoms with van der Waals surface area (Å²) in [6, 6.07) is 2.70. The van der Waals surface area contributed by atoms with Crippen LogP contribution in [0.2, 0.25) is 0 Å². The summed E-state index contributed by atoms with van der Waals surface area (Å²) < 4.78 is 26.7. The molecule has 1 aromatic heterocycles. The summed E-state index contributed by atoms with van der Waals surface area (Å²) in [5.41, 5.74) is -0.0846. The number of aromatic nitrogens is 1. The van der Waals surface area contributed by atoms with Crippen molar-refractivity contribution in [2.45, 2.75) is 30.2 Å². The second-order valence-corrected chi connectivity index (χ2v) is 8.50. The number of carboxylic acids is 1. The van der Waals surface area contributed by atoms with E-state index in [1.54, 1.807) is 18.3 Å². The van der Waals surface area contributed by atoms with E-state index in [4.69, 9.17) is 0 Å². The predicted molar refractivity (Wildman–Crippen MR) is 83.3 cm³/mol. The van der Waals surface area contributed by atoms with Crippen molar-refractivity contribution in [1.29, 1.82) is 0 Å². The van der Waals surface area contributed by atoms with Crippen LogP contribution in [0.15, 0.2) is 29.4 Å². The zero-order chi connectivity index (χ0) is 16.7. The van der Waals surface area contributed by atoms with Gasteiger partial charge in [0.2, 0.25) is 10.0 Å². The smallest absolute Gasteiger partial charge is 0.320 e. The van der Waals surface area contributed by atoms with E-state index in [0.29, 0.717) is 38.9 Å². The van der Waals surface area contributed by atoms with Crippen LogP contribution in [0.25, 0.3) is 0 Å². The fraction of sp³-hybridized carbons (Fsp3) is 0.600. The number of carboxylic acid groups (broad SMARTS) is 1. The first-order chi connectivity index (χ1) is 10.8. The summed E-state index contributed by atoms with van der Waals surface area (Å²) in [6.45, 7) is 1.57. The number of nitrogens with zero attached hydrogens (tertiary/aromatic N) is 3. The molecule has 3 rings (SSSR count). The highest BCUT2D eigenvalue weighted by atomic mass is 32.2. The lowest BCUT2D eigenvalue weighted by molar-refractivity contribution is -0.141. The Bertz CT molecular complexity index is 684. The van der Waals surface area contributed by atoms with Crippen molar-refractivity contribution in [1.82, 2.24) is 14.2 Å². The molecule has 2 aliphatic heterocycles. The van der Waals surface area contributed by atoms with Gasteiger partial charge >= 0.3 is 5.97 Å². The van der Waals surface area contributed by atoms with Crippen LogP contribution in [-0.2, 0) is 14.8 Å². The highest BCUT2D eigenvalue weighted by Gasteiger charge is 2.48. The summed E-state index contributed by atoms with van der Waals surface area (Å²) in [5, 5.41) is 9.27. The Morgan fingerprint density at radius 3 is 2.61 bits per heavy atom. The molecule has 0 aliphatic carbocycles. The van der Waals surface area contributed by atoms with Crippen LogP contribution in [-0.4, -0.2) is 66.4 Å². The Kier molecular flexibility index (Phi) is 4.16. The van der Waals surface area contributed by atoms with Gasteiger partial charge in [-0.3, -0.25) is 14.7 Å². The Hall–Kier alpha value is -1.51. The zero-order valence-corrected chi connectivity index (χ0v) is 13.9. The minimum absolute atomic E-state index is 0.0846. The van der Waals surface area contributed by atoms with Gasteiger partial charge in [-0.2, -0.15) is 4.31 Å². The second-order valence-electron chi connectivity index (χ2n) is 6.57. The van der Waals surface area contributed by atoms with Crippen molar-refractivity contribution in [3.05, 3.63) is 24.5 Å². The molecule has 0 aromatic carbocycles. The SMILES string of the molecule is CN1CC2(CCN(S(=O)(=O)c3cccnc3)CC2)CC1C(=O)O. The Labute approximate surface area is 136 Å². The predicted octanol–water partition coefficient (Wildman–Crippen LogP) is 0.641. The summed E-state index contributed by atoms with van der Waals surface area (Å²) in [6.07, 6.45) is 4.90. The normalized spacial score (nSPS) is 25.7. The number of sulfonamides is 1. The fourth-order valence-corrected chi connectivity index (χ4v) is 5.16. The number of carbonyl (C=O) groups is 1. The first-order valence-electron chi connectivity index (χ1n) is 7.67. The van der Waals surface area contributed by atoms with Crippen LogP contribution in [0.5, 0.6) is 0 Å². The van der Waals surface area contributed by atoms with Crippen LogP contribution in [0, 0.1) is 5.41 Å². The van der Waals surface area contributed by atoms with Gasteiger partial charge in [-0.15, -0.1) is 0 Å². The molecule has 23 heavy (non-hydrogen) atoms. The molecule has 2 aliphatic rings. The molecule has 0 bridgehead atoms. The Morgan fingerprint density at radius 1 is 1.39 bits per heavy atom. The molecule has 3 heterocycles. The standard InChI is InChI=1S/C15H21N3O4S/c1-17-11-15(9-13(17)14(19)20)4-7-18(8-5-15)23(21,22)12-3-2-6-16-10-12/h2-3,6,10,13H,4-5,7-9,11H2,1H3,(H,19,20). The molecule has 1 spiro atoms. The van der Waals surface area contributed by atoms with E-state index in [0.717, 1.165) is 0 Å². The van der Waals surface area contributed by atoms with Crippen LogP contribution < -0.4 is 0 Å². The van der Waals surface area contributed by atoms with Gasteiger partial charge in [0, 0.05) is 32.0 Å². The lowest BCUT2D eigenvalue weighted by atomic mass is 9.77. The monoisotopic (exact) mass is 339 g/mol. The topological polar surface area (TPSA) is 90.8 Å². The Morgan fingerprint density at radius 2 is 2.09 bits per heavy atom. The molecular formula is C15H21N3O4S. The Balaban J connectivity index is 1.71. The first-order valence-corrected chi connectivity index (χ1v) is 9.11. The number of piperidine rings is 1. The van der Waals surface area contributed by atoms with Crippen molar-refractivity contribution in [2.75, 3.05) is 26.7 Å². The van der Waals surface area contributed by atoms with Gasteiger partial charge in [0.05, 0.1) is 0 Å². The summed E-state index contributed by atoms with van der Waals surface area (Å²) >= 11 is 0. The van der Waals surface area contributed by atoms with Gasteiger partial charge in [-0.05, 0) is 43.9 Å². The number of aliphatic carboxylic acids is 1. The van der Waals surface area contributed by atoms with Crippen molar-refractivity contribution in [3.63, 3.8) is 0 Å². The lowest BCUT2D eigenvalue weighted by Gasteiger charge is -2.38. The van der Waals surface area contributed by atoms with Crippen molar-refractivity contribution in [3.8, 4) is 0 Å². The minimum Gasteiger partial charge on any atom is -0.480 e. The number of likely N-dealkylation sites (N-methyl/N-ethyl adjacent to an activating group) is 1. The molecule has 1 aromatic rings. The molecule has 0 radical (unpaired) electrons. The molecule has 8 heteroatoms. The highest BCUT2D eigenvalue weighted by molar-refractivity contribution is 7.89. The molecule has 1 atom stereocenters. The van der Waals surface area contributed by atoms with Crippen molar-refractivity contribution < 1.29 is 18.3 Å². The third-order valence-corrected chi connectivity index (χ3v) is 6.97. The number of hydrogen-bond acceptors (Lipinski definition) is 5. The number of rotatable bonds is 3. The summed E-state index contributed by atoms with van der Waals surface area (Å²) in [4.78, 5) is 17.2. The van der Waals surface area contributed by atoms with Crippen LogP contribution in [0.3, 0.4) is 0 Å². The maximum atomic E-state index is 12.6. The van der Waals surface area contributed by atoms with Gasteiger partial charge in [-0.1, -0.05) is 0 Å². The average Bonchev–Trinajstić information content (AvgIpc) is 2.85. The fourth-order valence-electron chi connectivity index (χ4n) is 3.76. The van der Waals surface area contributed by atoms with E-state index in [2.05, 4.69) is 4.98 Å².